The van der Waals surface area contributed by atoms with Gasteiger partial charge in [0, 0.05) is 45.4 Å². The number of nitrogens with two attached hydrogens (primary N) is 1. The number of ether oxygens (including phenoxy) is 1. The second kappa shape index (κ2) is 7.31. The van der Waals surface area contributed by atoms with Crippen molar-refractivity contribution in [1.82, 2.24) is 9.80 Å². The second-order valence-corrected chi connectivity index (χ2v) is 5.27. The van der Waals surface area contributed by atoms with E-state index in [4.69, 9.17) is 10.5 Å². The fourth-order valence-corrected chi connectivity index (χ4v) is 2.83. The number of hydrogen-bond acceptors (Lipinski definition) is 4. The van der Waals surface area contributed by atoms with Gasteiger partial charge in [-0.05, 0) is 19.4 Å². The third-order valence-corrected chi connectivity index (χ3v) is 4.08. The van der Waals surface area contributed by atoms with Gasteiger partial charge >= 0.3 is 0 Å². The van der Waals surface area contributed by atoms with Gasteiger partial charge in [-0.3, -0.25) is 4.90 Å². The Bertz CT molecular complexity index is 213. The third-order valence-electron chi connectivity index (χ3n) is 4.08. The van der Waals surface area contributed by atoms with Crippen molar-refractivity contribution in [1.29, 1.82) is 0 Å². The van der Waals surface area contributed by atoms with E-state index in [1.165, 1.54) is 6.42 Å². The maximum absolute atomic E-state index is 5.95. The van der Waals surface area contributed by atoms with Gasteiger partial charge in [0.2, 0.25) is 0 Å². The number of hydrogen-bond donors (Lipinski definition) is 1. The van der Waals surface area contributed by atoms with Crippen molar-refractivity contribution in [2.24, 2.45) is 11.7 Å². The highest BCUT2D eigenvalue weighted by atomic mass is 16.5. The normalized spacial score (nSPS) is 27.0. The molecular weight excluding hydrogens is 214 g/mol. The Balaban J connectivity index is 2.57. The maximum atomic E-state index is 5.95. The first kappa shape index (κ1) is 14.9. The Morgan fingerprint density at radius 1 is 1.41 bits per heavy atom. The van der Waals surface area contributed by atoms with Crippen LogP contribution in [-0.2, 0) is 4.74 Å². The van der Waals surface area contributed by atoms with Crippen LogP contribution in [0.1, 0.15) is 20.3 Å². The lowest BCUT2D eigenvalue weighted by Gasteiger charge is -2.44. The molecule has 3 unspecified atom stereocenters. The van der Waals surface area contributed by atoms with E-state index in [9.17, 15) is 0 Å². The Hall–Kier alpha value is -0.160. The molecule has 4 heteroatoms. The smallest absolute Gasteiger partial charge is 0.0503 e. The summed E-state index contributed by atoms with van der Waals surface area (Å²) in [6.07, 6.45) is 1.21. The summed E-state index contributed by atoms with van der Waals surface area (Å²) in [5.41, 5.74) is 5.95. The molecule has 1 aliphatic rings. The lowest BCUT2D eigenvalue weighted by molar-refractivity contribution is 0.0278. The molecule has 0 aliphatic carbocycles. The Morgan fingerprint density at radius 3 is 2.65 bits per heavy atom. The highest BCUT2D eigenvalue weighted by Gasteiger charge is 2.29. The summed E-state index contributed by atoms with van der Waals surface area (Å²) in [5.74, 6) is 0.505. The van der Waals surface area contributed by atoms with E-state index in [1.54, 1.807) is 7.11 Å². The molecule has 0 aromatic carbocycles. The molecule has 1 heterocycles. The van der Waals surface area contributed by atoms with Crippen LogP contribution in [0, 0.1) is 5.92 Å². The van der Waals surface area contributed by atoms with Crippen LogP contribution in [-0.4, -0.2) is 68.8 Å². The number of methoxy groups -OCH3 is 1. The number of rotatable bonds is 6. The van der Waals surface area contributed by atoms with Crippen LogP contribution >= 0.6 is 0 Å². The molecule has 0 radical (unpaired) electrons. The topological polar surface area (TPSA) is 41.7 Å². The molecule has 1 rings (SSSR count). The zero-order valence-corrected chi connectivity index (χ0v) is 11.9. The van der Waals surface area contributed by atoms with Gasteiger partial charge in [0.25, 0.3) is 0 Å². The predicted molar refractivity (Wildman–Crippen MR) is 72.2 cm³/mol. The first-order chi connectivity index (χ1) is 8.13. The SMILES string of the molecule is CCC1CN(C(CN)C(C)COC)CCN1C. The van der Waals surface area contributed by atoms with E-state index in [2.05, 4.69) is 30.7 Å². The largest absolute Gasteiger partial charge is 0.384 e. The highest BCUT2D eigenvalue weighted by Crippen LogP contribution is 2.17. The monoisotopic (exact) mass is 243 g/mol. The highest BCUT2D eigenvalue weighted by molar-refractivity contribution is 4.86. The van der Waals surface area contributed by atoms with Crippen LogP contribution in [0.15, 0.2) is 0 Å². The summed E-state index contributed by atoms with van der Waals surface area (Å²) >= 11 is 0. The van der Waals surface area contributed by atoms with Crippen molar-refractivity contribution in [3.8, 4) is 0 Å². The molecule has 2 N–H and O–H groups in total. The first-order valence-electron chi connectivity index (χ1n) is 6.77. The van der Waals surface area contributed by atoms with E-state index < -0.39 is 0 Å². The van der Waals surface area contributed by atoms with E-state index in [0.29, 0.717) is 18.0 Å². The van der Waals surface area contributed by atoms with E-state index in [-0.39, 0.29) is 0 Å². The van der Waals surface area contributed by atoms with Crippen LogP contribution in [0.5, 0.6) is 0 Å². The van der Waals surface area contributed by atoms with Crippen molar-refractivity contribution in [3.63, 3.8) is 0 Å². The molecule has 0 spiro atoms. The first-order valence-corrected chi connectivity index (χ1v) is 6.77. The van der Waals surface area contributed by atoms with Gasteiger partial charge in [0.05, 0.1) is 6.61 Å². The minimum Gasteiger partial charge on any atom is -0.384 e. The summed E-state index contributed by atoms with van der Waals surface area (Å²) in [6.45, 7) is 9.44. The molecule has 1 fully saturated rings. The zero-order chi connectivity index (χ0) is 12.8. The minimum atomic E-state index is 0.456. The van der Waals surface area contributed by atoms with Gasteiger partial charge in [0.1, 0.15) is 0 Å². The van der Waals surface area contributed by atoms with Gasteiger partial charge < -0.3 is 15.4 Å². The van der Waals surface area contributed by atoms with Gasteiger partial charge in [-0.2, -0.15) is 0 Å². The summed E-state index contributed by atoms with van der Waals surface area (Å²) in [4.78, 5) is 5.02. The summed E-state index contributed by atoms with van der Waals surface area (Å²) in [7, 11) is 3.99. The molecule has 0 aromatic rings. The molecule has 1 aliphatic heterocycles. The van der Waals surface area contributed by atoms with Crippen LogP contribution in [0.4, 0.5) is 0 Å². The fraction of sp³-hybridized carbons (Fsp3) is 1.00. The quantitative estimate of drug-likeness (QED) is 0.743. The minimum absolute atomic E-state index is 0.456. The summed E-state index contributed by atoms with van der Waals surface area (Å²) < 4.78 is 5.26. The second-order valence-electron chi connectivity index (χ2n) is 5.27. The van der Waals surface area contributed by atoms with E-state index in [1.807, 2.05) is 0 Å². The summed E-state index contributed by atoms with van der Waals surface area (Å²) in [6, 6.07) is 1.13. The Kier molecular flexibility index (Phi) is 6.41. The van der Waals surface area contributed by atoms with Crippen LogP contribution in [0.3, 0.4) is 0 Å². The molecule has 0 aromatic heterocycles. The van der Waals surface area contributed by atoms with Gasteiger partial charge in [-0.15, -0.1) is 0 Å². The van der Waals surface area contributed by atoms with Crippen LogP contribution in [0.2, 0.25) is 0 Å². The molecule has 3 atom stereocenters. The molecule has 0 bridgehead atoms. The van der Waals surface area contributed by atoms with Gasteiger partial charge in [-0.1, -0.05) is 13.8 Å². The number of piperazine rings is 1. The van der Waals surface area contributed by atoms with Crippen LogP contribution in [0.25, 0.3) is 0 Å². The average Bonchev–Trinajstić information content (AvgIpc) is 2.32. The molecular formula is C13H29N3O. The van der Waals surface area contributed by atoms with E-state index >= 15 is 0 Å². The van der Waals surface area contributed by atoms with Crippen molar-refractivity contribution in [3.05, 3.63) is 0 Å². The molecule has 0 saturated carbocycles. The lowest BCUT2D eigenvalue weighted by Crippen LogP contribution is -2.57. The van der Waals surface area contributed by atoms with E-state index in [0.717, 1.165) is 32.8 Å². The van der Waals surface area contributed by atoms with Crippen molar-refractivity contribution in [2.45, 2.75) is 32.4 Å². The van der Waals surface area contributed by atoms with Crippen molar-refractivity contribution >= 4 is 0 Å². The average molecular weight is 243 g/mol. The third kappa shape index (κ3) is 3.91. The molecule has 102 valence electrons. The van der Waals surface area contributed by atoms with Crippen molar-refractivity contribution in [2.75, 3.05) is 46.9 Å². The van der Waals surface area contributed by atoms with Crippen molar-refractivity contribution < 1.29 is 4.74 Å². The standard InChI is InChI=1S/C13H29N3O/c1-5-12-9-16(7-6-15(12)3)13(8-14)11(2)10-17-4/h11-13H,5-10,14H2,1-4H3. The Labute approximate surface area is 106 Å². The number of likely N-dealkylation sites (N-methyl/N-ethyl adjacent to an activating group) is 1. The molecule has 4 nitrogen and oxygen atoms in total. The molecule has 1 saturated heterocycles. The Morgan fingerprint density at radius 2 is 2.12 bits per heavy atom. The number of nitrogens with zero attached hydrogens (tertiary/aromatic N) is 2. The maximum Gasteiger partial charge on any atom is 0.0503 e. The molecule has 17 heavy (non-hydrogen) atoms. The van der Waals surface area contributed by atoms with Gasteiger partial charge in [0.15, 0.2) is 0 Å². The fourth-order valence-electron chi connectivity index (χ4n) is 2.83. The lowest BCUT2D eigenvalue weighted by atomic mass is 9.98. The summed E-state index contributed by atoms with van der Waals surface area (Å²) in [5, 5.41) is 0. The van der Waals surface area contributed by atoms with Crippen LogP contribution < -0.4 is 5.73 Å². The molecule has 0 amide bonds. The zero-order valence-electron chi connectivity index (χ0n) is 11.9. The predicted octanol–water partition coefficient (Wildman–Crippen LogP) is 0.622. The van der Waals surface area contributed by atoms with Gasteiger partial charge in [-0.25, -0.2) is 0 Å².